The van der Waals surface area contributed by atoms with Crippen molar-refractivity contribution in [2.75, 3.05) is 19.6 Å². The van der Waals surface area contributed by atoms with Crippen LogP contribution in [0.1, 0.15) is 25.3 Å². The van der Waals surface area contributed by atoms with E-state index in [9.17, 15) is 12.8 Å². The van der Waals surface area contributed by atoms with E-state index in [1.807, 2.05) is 0 Å². The summed E-state index contributed by atoms with van der Waals surface area (Å²) in [5.74, 6) is 0.102. The Hall–Kier alpha value is -0.980. The molecule has 1 saturated heterocycles. The van der Waals surface area contributed by atoms with Crippen LogP contribution in [0.5, 0.6) is 0 Å². The molecule has 1 heterocycles. The van der Waals surface area contributed by atoms with E-state index in [4.69, 9.17) is 0 Å². The maximum absolute atomic E-state index is 13.4. The van der Waals surface area contributed by atoms with E-state index in [2.05, 4.69) is 11.6 Å². The van der Waals surface area contributed by atoms with Crippen molar-refractivity contribution in [1.82, 2.24) is 9.03 Å². The molecule has 2 rings (SSSR count). The standard InChI is InChI=1S/C14H21FN2O2S/c1-12-5-4-10-17(11-12)20(18,19)16-9-8-13-6-2-3-7-14(13)15/h2-3,6-7,12,16H,4-5,8-11H2,1H3/t12-/m1/s1. The molecule has 0 aliphatic carbocycles. The van der Waals surface area contributed by atoms with Gasteiger partial charge in [-0.1, -0.05) is 25.1 Å². The highest BCUT2D eigenvalue weighted by Gasteiger charge is 2.26. The van der Waals surface area contributed by atoms with Gasteiger partial charge in [-0.15, -0.1) is 0 Å². The fourth-order valence-corrected chi connectivity index (χ4v) is 3.83. The minimum absolute atomic E-state index is 0.216. The molecular formula is C14H21FN2O2S. The number of hydrogen-bond acceptors (Lipinski definition) is 2. The summed E-state index contributed by atoms with van der Waals surface area (Å²) in [6, 6.07) is 6.43. The topological polar surface area (TPSA) is 49.4 Å². The van der Waals surface area contributed by atoms with Crippen molar-refractivity contribution in [2.24, 2.45) is 5.92 Å². The van der Waals surface area contributed by atoms with E-state index in [-0.39, 0.29) is 12.4 Å². The van der Waals surface area contributed by atoms with Gasteiger partial charge in [0.25, 0.3) is 10.2 Å². The summed E-state index contributed by atoms with van der Waals surface area (Å²) in [4.78, 5) is 0. The van der Waals surface area contributed by atoms with E-state index < -0.39 is 10.2 Å². The van der Waals surface area contributed by atoms with Crippen molar-refractivity contribution in [3.63, 3.8) is 0 Å². The van der Waals surface area contributed by atoms with Crippen molar-refractivity contribution in [2.45, 2.75) is 26.2 Å². The van der Waals surface area contributed by atoms with Gasteiger partial charge in [-0.05, 0) is 36.8 Å². The van der Waals surface area contributed by atoms with Gasteiger partial charge >= 0.3 is 0 Å². The maximum atomic E-state index is 13.4. The van der Waals surface area contributed by atoms with Crippen molar-refractivity contribution >= 4 is 10.2 Å². The summed E-state index contributed by atoms with van der Waals surface area (Å²) in [7, 11) is -3.44. The Balaban J connectivity index is 1.88. The molecule has 0 aromatic heterocycles. The van der Waals surface area contributed by atoms with Gasteiger partial charge in [-0.3, -0.25) is 0 Å². The summed E-state index contributed by atoms with van der Waals surface area (Å²) in [6.45, 7) is 3.41. The van der Waals surface area contributed by atoms with Gasteiger partial charge in [-0.2, -0.15) is 12.7 Å². The Morgan fingerprint density at radius 1 is 1.40 bits per heavy atom. The van der Waals surface area contributed by atoms with E-state index >= 15 is 0 Å². The second-order valence-electron chi connectivity index (χ2n) is 5.35. The van der Waals surface area contributed by atoms with Crippen LogP contribution in [0.2, 0.25) is 0 Å². The fourth-order valence-electron chi connectivity index (χ4n) is 2.47. The molecular weight excluding hydrogens is 279 g/mol. The number of rotatable bonds is 5. The third-order valence-corrected chi connectivity index (χ3v) is 5.18. The first kappa shape index (κ1) is 15.4. The number of nitrogens with zero attached hydrogens (tertiary/aromatic N) is 1. The quantitative estimate of drug-likeness (QED) is 0.903. The van der Waals surface area contributed by atoms with E-state index in [1.165, 1.54) is 10.4 Å². The van der Waals surface area contributed by atoms with Gasteiger partial charge in [0.1, 0.15) is 5.82 Å². The molecule has 1 aromatic rings. The lowest BCUT2D eigenvalue weighted by Crippen LogP contribution is -2.46. The second kappa shape index (κ2) is 6.65. The van der Waals surface area contributed by atoms with Gasteiger partial charge in [-0.25, -0.2) is 9.11 Å². The average molecular weight is 300 g/mol. The van der Waals surface area contributed by atoms with Gasteiger partial charge in [0.05, 0.1) is 0 Å². The highest BCUT2D eigenvalue weighted by atomic mass is 32.2. The van der Waals surface area contributed by atoms with E-state index in [0.717, 1.165) is 12.8 Å². The zero-order valence-corrected chi connectivity index (χ0v) is 12.5. The van der Waals surface area contributed by atoms with E-state index in [1.54, 1.807) is 18.2 Å². The number of nitrogens with one attached hydrogen (secondary N) is 1. The summed E-state index contributed by atoms with van der Waals surface area (Å²) >= 11 is 0. The molecule has 0 unspecified atom stereocenters. The lowest BCUT2D eigenvalue weighted by molar-refractivity contribution is 0.278. The molecule has 1 fully saturated rings. The Labute approximate surface area is 120 Å². The third-order valence-electron chi connectivity index (χ3n) is 3.60. The molecule has 1 aromatic carbocycles. The van der Waals surface area contributed by atoms with Crippen LogP contribution in [-0.2, 0) is 16.6 Å². The minimum atomic E-state index is -3.44. The molecule has 0 bridgehead atoms. The van der Waals surface area contributed by atoms with Crippen LogP contribution in [0.3, 0.4) is 0 Å². The second-order valence-corrected chi connectivity index (χ2v) is 7.10. The molecule has 20 heavy (non-hydrogen) atoms. The van der Waals surface area contributed by atoms with Crippen LogP contribution in [0.15, 0.2) is 24.3 Å². The van der Waals surface area contributed by atoms with Crippen molar-refractivity contribution in [1.29, 1.82) is 0 Å². The number of piperidine rings is 1. The smallest absolute Gasteiger partial charge is 0.207 e. The predicted octanol–water partition coefficient (Wildman–Crippen LogP) is 1.93. The van der Waals surface area contributed by atoms with Crippen molar-refractivity contribution < 1.29 is 12.8 Å². The number of hydrogen-bond donors (Lipinski definition) is 1. The molecule has 0 radical (unpaired) electrons. The minimum Gasteiger partial charge on any atom is -0.207 e. The average Bonchev–Trinajstić information content (AvgIpc) is 2.41. The number of halogens is 1. The van der Waals surface area contributed by atoms with Crippen molar-refractivity contribution in [3.8, 4) is 0 Å². The molecule has 1 N–H and O–H groups in total. The third kappa shape index (κ3) is 4.01. The highest BCUT2D eigenvalue weighted by molar-refractivity contribution is 7.87. The SMILES string of the molecule is C[C@@H]1CCCN(S(=O)(=O)NCCc2ccccc2F)C1. The molecule has 6 heteroatoms. The van der Waals surface area contributed by atoms with Crippen LogP contribution in [-0.4, -0.2) is 32.4 Å². The summed E-state index contributed by atoms with van der Waals surface area (Å²) in [5, 5.41) is 0. The Bertz CT molecular complexity index is 548. The Morgan fingerprint density at radius 3 is 2.85 bits per heavy atom. The molecule has 1 aliphatic heterocycles. The zero-order chi connectivity index (χ0) is 14.6. The lowest BCUT2D eigenvalue weighted by atomic mass is 10.0. The van der Waals surface area contributed by atoms with E-state index in [0.29, 0.717) is 31.0 Å². The first-order chi connectivity index (χ1) is 9.49. The van der Waals surface area contributed by atoms with Crippen LogP contribution >= 0.6 is 0 Å². The Kier molecular flexibility index (Phi) is 5.12. The summed E-state index contributed by atoms with van der Waals surface area (Å²) in [5.41, 5.74) is 0.530. The number of benzene rings is 1. The molecule has 1 aliphatic rings. The van der Waals surface area contributed by atoms with Crippen LogP contribution < -0.4 is 4.72 Å². The van der Waals surface area contributed by atoms with Gasteiger partial charge < -0.3 is 0 Å². The highest BCUT2D eigenvalue weighted by Crippen LogP contribution is 2.17. The summed E-state index contributed by atoms with van der Waals surface area (Å²) in [6.07, 6.45) is 2.33. The van der Waals surface area contributed by atoms with Crippen LogP contribution in [0, 0.1) is 11.7 Å². The lowest BCUT2D eigenvalue weighted by Gasteiger charge is -2.29. The van der Waals surface area contributed by atoms with Crippen LogP contribution in [0.25, 0.3) is 0 Å². The normalized spacial score (nSPS) is 21.0. The Morgan fingerprint density at radius 2 is 2.15 bits per heavy atom. The molecule has 112 valence electrons. The predicted molar refractivity (Wildman–Crippen MR) is 77.0 cm³/mol. The summed E-state index contributed by atoms with van der Waals surface area (Å²) < 4.78 is 41.7. The zero-order valence-electron chi connectivity index (χ0n) is 11.7. The largest absolute Gasteiger partial charge is 0.279 e. The fraction of sp³-hybridized carbons (Fsp3) is 0.571. The monoisotopic (exact) mass is 300 g/mol. The molecule has 0 amide bonds. The molecule has 0 spiro atoms. The first-order valence-electron chi connectivity index (χ1n) is 6.97. The van der Waals surface area contributed by atoms with Gasteiger partial charge in [0.2, 0.25) is 0 Å². The molecule has 4 nitrogen and oxygen atoms in total. The van der Waals surface area contributed by atoms with Crippen LogP contribution in [0.4, 0.5) is 4.39 Å². The molecule has 1 atom stereocenters. The van der Waals surface area contributed by atoms with Gasteiger partial charge in [0, 0.05) is 19.6 Å². The van der Waals surface area contributed by atoms with Gasteiger partial charge in [0.15, 0.2) is 0 Å². The van der Waals surface area contributed by atoms with Crippen molar-refractivity contribution in [3.05, 3.63) is 35.6 Å². The molecule has 0 saturated carbocycles. The first-order valence-corrected chi connectivity index (χ1v) is 8.41. The maximum Gasteiger partial charge on any atom is 0.279 e.